The van der Waals surface area contributed by atoms with Crippen molar-refractivity contribution in [2.75, 3.05) is 47.5 Å². The summed E-state index contributed by atoms with van der Waals surface area (Å²) in [7, 11) is 1.49. The first-order chi connectivity index (χ1) is 39.5. The van der Waals surface area contributed by atoms with Crippen LogP contribution in [0.5, 0.6) is 0 Å². The molecule has 472 valence electrons. The van der Waals surface area contributed by atoms with Gasteiger partial charge in [0.15, 0.2) is 6.10 Å². The molecule has 0 aromatic carbocycles. The van der Waals surface area contributed by atoms with Crippen molar-refractivity contribution in [1.82, 2.24) is 0 Å². The Morgan fingerprint density at radius 1 is 0.395 bits per heavy atom. The van der Waals surface area contributed by atoms with Crippen molar-refractivity contribution in [2.24, 2.45) is 0 Å². The summed E-state index contributed by atoms with van der Waals surface area (Å²) in [6, 6.07) is 0. The molecule has 81 heavy (non-hydrogen) atoms. The van der Waals surface area contributed by atoms with Crippen molar-refractivity contribution < 1.29 is 42.1 Å². The van der Waals surface area contributed by atoms with Crippen LogP contribution in [0.2, 0.25) is 0 Å². The van der Waals surface area contributed by atoms with Crippen molar-refractivity contribution in [3.63, 3.8) is 0 Å². The Morgan fingerprint density at radius 2 is 0.704 bits per heavy atom. The van der Waals surface area contributed by atoms with Crippen LogP contribution in [0, 0.1) is 0 Å². The van der Waals surface area contributed by atoms with E-state index in [1.165, 1.54) is 205 Å². The Hall–Kier alpha value is -2.55. The predicted molar refractivity (Wildman–Crippen MR) is 349 cm³/mol. The highest BCUT2D eigenvalue weighted by Gasteiger charge is 2.27. The highest BCUT2D eigenvalue weighted by atomic mass is 31.2. The van der Waals surface area contributed by atoms with Crippen molar-refractivity contribution in [3.05, 3.63) is 72.9 Å². The first kappa shape index (κ1) is 78.5. The molecule has 0 radical (unpaired) electrons. The fourth-order valence-corrected chi connectivity index (χ4v) is 10.5. The number of phosphoric ester groups is 1. The van der Waals surface area contributed by atoms with E-state index in [-0.39, 0.29) is 25.6 Å². The Labute approximate surface area is 501 Å². The van der Waals surface area contributed by atoms with Crippen LogP contribution < -0.4 is 0 Å². The zero-order valence-electron chi connectivity index (χ0n) is 53.8. The third-order valence-corrected chi connectivity index (χ3v) is 16.0. The van der Waals surface area contributed by atoms with Gasteiger partial charge in [-0.1, -0.05) is 311 Å². The summed E-state index contributed by atoms with van der Waals surface area (Å²) in [5.74, 6) is -0.784. The minimum absolute atomic E-state index is 0.0318. The molecule has 0 fully saturated rings. The summed E-state index contributed by atoms with van der Waals surface area (Å²) >= 11 is 0. The lowest BCUT2D eigenvalue weighted by Gasteiger charge is -2.24. The topological polar surface area (TPSA) is 108 Å². The van der Waals surface area contributed by atoms with Gasteiger partial charge in [0.1, 0.15) is 19.8 Å². The minimum atomic E-state index is -4.39. The molecule has 0 aliphatic heterocycles. The number of hydrogen-bond donors (Lipinski definition) is 1. The zero-order chi connectivity index (χ0) is 59.1. The lowest BCUT2D eigenvalue weighted by atomic mass is 10.0. The van der Waals surface area contributed by atoms with Crippen molar-refractivity contribution >= 4 is 19.8 Å². The van der Waals surface area contributed by atoms with Gasteiger partial charge < -0.3 is 18.9 Å². The Kier molecular flexibility index (Phi) is 60.0. The molecule has 0 aromatic rings. The second-order valence-corrected chi connectivity index (χ2v) is 25.6. The SMILES string of the molecule is CC/C=C\C/C=C\C/C=C\C/C=C\C/C=C\C/C=C\CCCCCCCCCCCCCCCCC(=O)OC(COC(=O)CCCCCCCCCCCCCCCCCCCCCCCCCC)COP(=O)(O)OCC[N+](C)(C)C. The summed E-state index contributed by atoms with van der Waals surface area (Å²) in [6.45, 7) is 4.37. The van der Waals surface area contributed by atoms with Crippen LogP contribution in [-0.2, 0) is 32.7 Å². The van der Waals surface area contributed by atoms with Gasteiger partial charge >= 0.3 is 19.8 Å². The van der Waals surface area contributed by atoms with Crippen molar-refractivity contribution in [1.29, 1.82) is 0 Å². The third kappa shape index (κ3) is 66.5. The average molecular weight is 1160 g/mol. The number of esters is 2. The molecule has 9 nitrogen and oxygen atoms in total. The van der Waals surface area contributed by atoms with E-state index in [1.54, 1.807) is 0 Å². The molecule has 0 saturated heterocycles. The number of allylic oxidation sites excluding steroid dienone is 12. The van der Waals surface area contributed by atoms with Crippen LogP contribution in [-0.4, -0.2) is 74.9 Å². The van der Waals surface area contributed by atoms with Gasteiger partial charge in [0, 0.05) is 12.8 Å². The van der Waals surface area contributed by atoms with Crippen LogP contribution in [0.4, 0.5) is 0 Å². The third-order valence-electron chi connectivity index (χ3n) is 15.0. The fraction of sp³-hybridized carbons (Fsp3) is 0.803. The number of rotatable bonds is 63. The first-order valence-corrected chi connectivity index (χ1v) is 35.7. The van der Waals surface area contributed by atoms with E-state index in [2.05, 4.69) is 86.8 Å². The quantitative estimate of drug-likeness (QED) is 0.0211. The standard InChI is InChI=1S/C71H130NO8P/c1-6-8-10-12-14-16-18-20-22-24-26-28-30-32-33-34-35-36-37-38-39-40-42-44-46-48-50-52-54-56-58-60-62-64-71(74)80-69(68-79-81(75,76)78-66-65-72(3,4)5)67-77-70(73)63-61-59-57-55-53-51-49-47-45-43-41-31-29-27-25-23-21-19-17-15-13-11-9-7-2/h8,10,14,16,20,22,26,28,32-33,35-36,69H,6-7,9,11-13,15,17-19,21,23-25,27,29-31,34,37-68H2,1-5H3/p+1/b10-8-,16-14-,22-20-,28-26-,33-32-,36-35-. The number of unbranched alkanes of at least 4 members (excludes halogenated alkanes) is 37. The van der Waals surface area contributed by atoms with Crippen molar-refractivity contribution in [3.8, 4) is 0 Å². The molecule has 2 atom stereocenters. The molecule has 1 N–H and O–H groups in total. The van der Waals surface area contributed by atoms with Crippen LogP contribution in [0.15, 0.2) is 72.9 Å². The van der Waals surface area contributed by atoms with Crippen LogP contribution in [0.25, 0.3) is 0 Å². The number of likely N-dealkylation sites (N-methyl/N-ethyl adjacent to an activating group) is 1. The molecule has 0 bridgehead atoms. The molecule has 0 amide bonds. The van der Waals surface area contributed by atoms with Crippen LogP contribution in [0.1, 0.15) is 316 Å². The fourth-order valence-electron chi connectivity index (χ4n) is 9.79. The number of quaternary nitrogens is 1. The Bertz CT molecular complexity index is 1600. The summed E-state index contributed by atoms with van der Waals surface area (Å²) in [4.78, 5) is 35.9. The van der Waals surface area contributed by atoms with Gasteiger partial charge in [0.25, 0.3) is 0 Å². The van der Waals surface area contributed by atoms with E-state index >= 15 is 0 Å². The molecule has 0 aliphatic carbocycles. The lowest BCUT2D eigenvalue weighted by molar-refractivity contribution is -0.870. The summed E-state index contributed by atoms with van der Waals surface area (Å²) in [5, 5.41) is 0. The normalized spacial score (nSPS) is 13.6. The van der Waals surface area contributed by atoms with E-state index in [0.717, 1.165) is 77.0 Å². The second-order valence-electron chi connectivity index (χ2n) is 24.2. The summed E-state index contributed by atoms with van der Waals surface area (Å²) in [6.07, 6.45) is 82.8. The van der Waals surface area contributed by atoms with E-state index in [9.17, 15) is 19.0 Å². The highest BCUT2D eigenvalue weighted by Crippen LogP contribution is 2.43. The molecule has 0 rings (SSSR count). The molecule has 0 saturated carbocycles. The molecular formula is C71H131NO8P+. The number of phosphoric acid groups is 1. The summed E-state index contributed by atoms with van der Waals surface area (Å²) < 4.78 is 34.7. The maximum atomic E-state index is 12.9. The predicted octanol–water partition coefficient (Wildman–Crippen LogP) is 22.0. The number of hydrogen-bond acceptors (Lipinski definition) is 7. The van der Waals surface area contributed by atoms with Gasteiger partial charge in [-0.3, -0.25) is 18.6 Å². The number of ether oxygens (including phenoxy) is 2. The molecule has 0 heterocycles. The minimum Gasteiger partial charge on any atom is -0.462 e. The number of carbonyl (C=O) groups is 2. The van der Waals surface area contributed by atoms with E-state index < -0.39 is 26.5 Å². The number of nitrogens with zero attached hydrogens (tertiary/aromatic N) is 1. The highest BCUT2D eigenvalue weighted by molar-refractivity contribution is 7.47. The maximum Gasteiger partial charge on any atom is 0.472 e. The molecule has 10 heteroatoms. The first-order valence-electron chi connectivity index (χ1n) is 34.2. The van der Waals surface area contributed by atoms with E-state index in [1.807, 2.05) is 21.1 Å². The van der Waals surface area contributed by atoms with Gasteiger partial charge in [-0.05, 0) is 64.2 Å². The monoisotopic (exact) mass is 1160 g/mol. The Morgan fingerprint density at radius 3 is 1.05 bits per heavy atom. The van der Waals surface area contributed by atoms with Gasteiger partial charge in [0.05, 0.1) is 27.7 Å². The largest absolute Gasteiger partial charge is 0.472 e. The maximum absolute atomic E-state index is 12.9. The molecule has 0 aromatic heterocycles. The van der Waals surface area contributed by atoms with Gasteiger partial charge in [0.2, 0.25) is 0 Å². The zero-order valence-corrected chi connectivity index (χ0v) is 54.7. The molecule has 2 unspecified atom stereocenters. The molecule has 0 aliphatic rings. The van der Waals surface area contributed by atoms with Gasteiger partial charge in [-0.25, -0.2) is 4.57 Å². The molecule has 0 spiro atoms. The van der Waals surface area contributed by atoms with Gasteiger partial charge in [-0.2, -0.15) is 0 Å². The van der Waals surface area contributed by atoms with E-state index in [0.29, 0.717) is 23.9 Å². The average Bonchev–Trinajstić information content (AvgIpc) is 3.43. The van der Waals surface area contributed by atoms with Crippen LogP contribution >= 0.6 is 7.82 Å². The lowest BCUT2D eigenvalue weighted by Crippen LogP contribution is -2.37. The summed E-state index contributed by atoms with van der Waals surface area (Å²) in [5.41, 5.74) is 0. The van der Waals surface area contributed by atoms with E-state index in [4.69, 9.17) is 18.5 Å². The number of carbonyl (C=O) groups excluding carboxylic acids is 2. The second kappa shape index (κ2) is 62.0. The Balaban J connectivity index is 4.04. The van der Waals surface area contributed by atoms with Gasteiger partial charge in [-0.15, -0.1) is 0 Å². The molecular weight excluding hydrogens is 1030 g/mol. The van der Waals surface area contributed by atoms with Crippen molar-refractivity contribution in [2.45, 2.75) is 322 Å². The van der Waals surface area contributed by atoms with Crippen LogP contribution in [0.3, 0.4) is 0 Å². The smallest absolute Gasteiger partial charge is 0.462 e.